The summed E-state index contributed by atoms with van der Waals surface area (Å²) in [5.41, 5.74) is 1.47. The average molecular weight is 350 g/mol. The number of carbonyl (C=O) groups excluding carboxylic acids is 1. The predicted octanol–water partition coefficient (Wildman–Crippen LogP) is 4.09. The fourth-order valence-electron chi connectivity index (χ4n) is 2.93. The van der Waals surface area contributed by atoms with Crippen LogP contribution in [-0.4, -0.2) is 24.8 Å². The van der Waals surface area contributed by atoms with Crippen LogP contribution in [-0.2, 0) is 0 Å². The maximum Gasteiger partial charge on any atom is 0.319 e. The highest BCUT2D eigenvalue weighted by atomic mass is 16.5. The highest BCUT2D eigenvalue weighted by Gasteiger charge is 2.12. The molecule has 1 atom stereocenters. The third-order valence-corrected chi connectivity index (χ3v) is 4.24. The lowest BCUT2D eigenvalue weighted by atomic mass is 9.99. The average Bonchev–Trinajstić information content (AvgIpc) is 2.68. The van der Waals surface area contributed by atoms with E-state index < -0.39 is 6.10 Å². The molecule has 3 rings (SSSR count). The van der Waals surface area contributed by atoms with Crippen molar-refractivity contribution in [3.8, 4) is 5.75 Å². The highest BCUT2D eigenvalue weighted by Crippen LogP contribution is 2.26. The first-order valence-corrected chi connectivity index (χ1v) is 8.52. The van der Waals surface area contributed by atoms with E-state index in [9.17, 15) is 9.90 Å². The number of amides is 2. The van der Waals surface area contributed by atoms with Gasteiger partial charge in [0, 0.05) is 6.54 Å². The molecule has 0 spiro atoms. The van der Waals surface area contributed by atoms with Gasteiger partial charge in [-0.05, 0) is 34.9 Å². The summed E-state index contributed by atoms with van der Waals surface area (Å²) in [5, 5.41) is 18.1. The summed E-state index contributed by atoms with van der Waals surface area (Å²) in [6, 6.07) is 20.7. The molecule has 0 bridgehead atoms. The zero-order chi connectivity index (χ0) is 18.4. The zero-order valence-electron chi connectivity index (χ0n) is 14.6. The number of benzene rings is 3. The molecule has 0 aliphatic rings. The van der Waals surface area contributed by atoms with E-state index in [0.717, 1.165) is 16.3 Å². The van der Waals surface area contributed by atoms with Crippen molar-refractivity contribution in [1.82, 2.24) is 5.32 Å². The number of anilines is 1. The first kappa shape index (κ1) is 17.8. The molecule has 0 aliphatic carbocycles. The number of fused-ring (bicyclic) bond motifs is 1. The number of hydrogen-bond acceptors (Lipinski definition) is 3. The van der Waals surface area contributed by atoms with Gasteiger partial charge in [0.15, 0.2) is 0 Å². The van der Waals surface area contributed by atoms with Gasteiger partial charge in [-0.15, -0.1) is 0 Å². The van der Waals surface area contributed by atoms with Gasteiger partial charge in [-0.1, -0.05) is 54.6 Å². The molecular formula is C21H22N2O3. The number of rotatable bonds is 6. The second-order valence-corrected chi connectivity index (χ2v) is 5.95. The van der Waals surface area contributed by atoms with Crippen molar-refractivity contribution in [2.45, 2.75) is 12.5 Å². The number of aliphatic hydroxyl groups is 1. The number of ether oxygens (including phenoxy) is 1. The standard InChI is InChI=1S/C21H22N2O3/c1-26-20-12-5-4-11-18(20)23-21(25)22-14-13-19(24)17-10-6-8-15-7-2-3-9-16(15)17/h2-12,19,24H,13-14H2,1H3,(H2,22,23,25). The van der Waals surface area contributed by atoms with Crippen molar-refractivity contribution in [1.29, 1.82) is 0 Å². The predicted molar refractivity (Wildman–Crippen MR) is 104 cm³/mol. The number of hydrogen-bond donors (Lipinski definition) is 3. The van der Waals surface area contributed by atoms with Crippen LogP contribution in [0.1, 0.15) is 18.1 Å². The number of para-hydroxylation sites is 2. The van der Waals surface area contributed by atoms with Crippen LogP contribution in [0.2, 0.25) is 0 Å². The first-order chi connectivity index (χ1) is 12.7. The molecule has 26 heavy (non-hydrogen) atoms. The van der Waals surface area contributed by atoms with Crippen LogP contribution in [0.5, 0.6) is 5.75 Å². The minimum atomic E-state index is -0.646. The Labute approximate surface area is 152 Å². The van der Waals surface area contributed by atoms with Crippen molar-refractivity contribution in [2.24, 2.45) is 0 Å². The van der Waals surface area contributed by atoms with E-state index in [1.165, 1.54) is 0 Å². The first-order valence-electron chi connectivity index (χ1n) is 8.52. The third-order valence-electron chi connectivity index (χ3n) is 4.24. The summed E-state index contributed by atoms with van der Waals surface area (Å²) in [6.45, 7) is 0.353. The Morgan fingerprint density at radius 3 is 2.62 bits per heavy atom. The van der Waals surface area contributed by atoms with Gasteiger partial charge >= 0.3 is 6.03 Å². The summed E-state index contributed by atoms with van der Waals surface area (Å²) < 4.78 is 5.21. The minimum absolute atomic E-state index is 0.334. The Balaban J connectivity index is 1.56. The Hall–Kier alpha value is -3.05. The summed E-state index contributed by atoms with van der Waals surface area (Å²) in [6.07, 6.45) is -0.222. The number of carbonyl (C=O) groups is 1. The van der Waals surface area contributed by atoms with Crippen molar-refractivity contribution in [2.75, 3.05) is 19.0 Å². The molecule has 0 saturated carbocycles. The molecule has 5 nitrogen and oxygen atoms in total. The van der Waals surface area contributed by atoms with Gasteiger partial charge in [-0.3, -0.25) is 0 Å². The van der Waals surface area contributed by atoms with Crippen molar-refractivity contribution >= 4 is 22.5 Å². The number of methoxy groups -OCH3 is 1. The van der Waals surface area contributed by atoms with E-state index >= 15 is 0 Å². The summed E-state index contributed by atoms with van der Waals surface area (Å²) in [5.74, 6) is 0.596. The molecule has 0 radical (unpaired) electrons. The second kappa shape index (κ2) is 8.36. The van der Waals surface area contributed by atoms with Gasteiger partial charge in [0.2, 0.25) is 0 Å². The Morgan fingerprint density at radius 1 is 1.04 bits per heavy atom. The Kier molecular flexibility index (Phi) is 5.71. The van der Waals surface area contributed by atoms with Crippen LogP contribution in [0, 0.1) is 0 Å². The van der Waals surface area contributed by atoms with Crippen molar-refractivity contribution in [3.63, 3.8) is 0 Å². The molecule has 3 aromatic carbocycles. The molecule has 0 aromatic heterocycles. The van der Waals surface area contributed by atoms with Gasteiger partial charge in [-0.25, -0.2) is 4.79 Å². The molecule has 0 heterocycles. The molecule has 0 saturated heterocycles. The van der Waals surface area contributed by atoms with E-state index in [1.807, 2.05) is 54.6 Å². The Bertz CT molecular complexity index is 890. The third kappa shape index (κ3) is 4.13. The highest BCUT2D eigenvalue weighted by molar-refractivity contribution is 5.91. The lowest BCUT2D eigenvalue weighted by Crippen LogP contribution is -2.30. The van der Waals surface area contributed by atoms with E-state index in [-0.39, 0.29) is 6.03 Å². The zero-order valence-corrected chi connectivity index (χ0v) is 14.6. The van der Waals surface area contributed by atoms with E-state index in [2.05, 4.69) is 10.6 Å². The van der Waals surface area contributed by atoms with Crippen LogP contribution in [0.4, 0.5) is 10.5 Å². The molecular weight excluding hydrogens is 328 g/mol. The molecule has 5 heteroatoms. The molecule has 3 aromatic rings. The Morgan fingerprint density at radius 2 is 1.77 bits per heavy atom. The lowest BCUT2D eigenvalue weighted by Gasteiger charge is -2.15. The molecule has 2 amide bonds. The van der Waals surface area contributed by atoms with Gasteiger partial charge in [0.1, 0.15) is 5.75 Å². The van der Waals surface area contributed by atoms with Crippen molar-refractivity contribution in [3.05, 3.63) is 72.3 Å². The van der Waals surface area contributed by atoms with Gasteiger partial charge in [-0.2, -0.15) is 0 Å². The monoisotopic (exact) mass is 350 g/mol. The number of nitrogens with one attached hydrogen (secondary N) is 2. The quantitative estimate of drug-likeness (QED) is 0.627. The maximum absolute atomic E-state index is 12.1. The fourth-order valence-corrected chi connectivity index (χ4v) is 2.93. The van der Waals surface area contributed by atoms with Crippen LogP contribution in [0.25, 0.3) is 10.8 Å². The van der Waals surface area contributed by atoms with E-state index in [1.54, 1.807) is 19.2 Å². The smallest absolute Gasteiger partial charge is 0.319 e. The molecule has 3 N–H and O–H groups in total. The number of urea groups is 1. The summed E-state index contributed by atoms with van der Waals surface area (Å²) in [4.78, 5) is 12.1. The minimum Gasteiger partial charge on any atom is -0.495 e. The van der Waals surface area contributed by atoms with E-state index in [4.69, 9.17) is 4.74 Å². The summed E-state index contributed by atoms with van der Waals surface area (Å²) in [7, 11) is 1.55. The van der Waals surface area contributed by atoms with E-state index in [0.29, 0.717) is 24.4 Å². The van der Waals surface area contributed by atoms with Crippen LogP contribution >= 0.6 is 0 Å². The molecule has 0 fully saturated rings. The molecule has 1 unspecified atom stereocenters. The van der Waals surface area contributed by atoms with Gasteiger partial charge < -0.3 is 20.5 Å². The van der Waals surface area contributed by atoms with Crippen molar-refractivity contribution < 1.29 is 14.6 Å². The van der Waals surface area contributed by atoms with Crippen LogP contribution < -0.4 is 15.4 Å². The van der Waals surface area contributed by atoms with Gasteiger partial charge in [0.05, 0.1) is 18.9 Å². The van der Waals surface area contributed by atoms with Gasteiger partial charge in [0.25, 0.3) is 0 Å². The topological polar surface area (TPSA) is 70.6 Å². The number of aliphatic hydroxyl groups excluding tert-OH is 1. The lowest BCUT2D eigenvalue weighted by molar-refractivity contribution is 0.169. The SMILES string of the molecule is COc1ccccc1NC(=O)NCCC(O)c1cccc2ccccc12. The largest absolute Gasteiger partial charge is 0.495 e. The fraction of sp³-hybridized carbons (Fsp3) is 0.190. The maximum atomic E-state index is 12.1. The molecule has 0 aliphatic heterocycles. The van der Waals surface area contributed by atoms with Crippen LogP contribution in [0.3, 0.4) is 0 Å². The second-order valence-electron chi connectivity index (χ2n) is 5.95. The molecule has 134 valence electrons. The normalized spacial score (nSPS) is 11.8. The van der Waals surface area contributed by atoms with Crippen LogP contribution in [0.15, 0.2) is 66.7 Å². The summed E-state index contributed by atoms with van der Waals surface area (Å²) >= 11 is 0.